The fourth-order valence-corrected chi connectivity index (χ4v) is 2.63. The van der Waals surface area contributed by atoms with Crippen LogP contribution in [0.2, 0.25) is 5.02 Å². The highest BCUT2D eigenvalue weighted by atomic mass is 35.5. The molecule has 0 aliphatic carbocycles. The molecular formula is C20H26ClNO3. The molecule has 0 unspecified atom stereocenters. The first-order valence-corrected chi connectivity index (χ1v) is 8.74. The van der Waals surface area contributed by atoms with Crippen molar-refractivity contribution in [3.63, 3.8) is 0 Å². The van der Waals surface area contributed by atoms with Crippen molar-refractivity contribution in [3.8, 4) is 17.2 Å². The number of ether oxygens (including phenoxy) is 3. The number of hydrogen-bond acceptors (Lipinski definition) is 4. The van der Waals surface area contributed by atoms with Gasteiger partial charge in [0.1, 0.15) is 5.75 Å². The molecule has 0 spiro atoms. The Labute approximate surface area is 155 Å². The average molecular weight is 364 g/mol. The van der Waals surface area contributed by atoms with Gasteiger partial charge in [0.15, 0.2) is 11.5 Å². The van der Waals surface area contributed by atoms with E-state index < -0.39 is 0 Å². The van der Waals surface area contributed by atoms with Gasteiger partial charge in [-0.25, -0.2) is 0 Å². The van der Waals surface area contributed by atoms with Gasteiger partial charge in [0.05, 0.1) is 20.8 Å². The third kappa shape index (κ3) is 5.55. The summed E-state index contributed by atoms with van der Waals surface area (Å²) in [7, 11) is 3.21. The highest BCUT2D eigenvalue weighted by Crippen LogP contribution is 2.33. The lowest BCUT2D eigenvalue weighted by Gasteiger charge is -2.15. The number of nitrogens with one attached hydrogen (secondary N) is 1. The third-order valence-corrected chi connectivity index (χ3v) is 4.08. The summed E-state index contributed by atoms with van der Waals surface area (Å²) < 4.78 is 16.5. The molecule has 2 aromatic carbocycles. The van der Waals surface area contributed by atoms with E-state index in [2.05, 4.69) is 25.2 Å². The molecule has 0 bridgehead atoms. The van der Waals surface area contributed by atoms with Crippen molar-refractivity contribution in [2.24, 2.45) is 5.92 Å². The maximum absolute atomic E-state index is 6.33. The molecule has 0 aliphatic rings. The van der Waals surface area contributed by atoms with Gasteiger partial charge >= 0.3 is 0 Å². The minimum Gasteiger partial charge on any atom is -0.493 e. The Balaban J connectivity index is 2.01. The molecule has 0 saturated heterocycles. The Morgan fingerprint density at radius 3 is 2.24 bits per heavy atom. The van der Waals surface area contributed by atoms with Crippen molar-refractivity contribution in [2.45, 2.75) is 26.9 Å². The van der Waals surface area contributed by atoms with Gasteiger partial charge in [-0.1, -0.05) is 43.6 Å². The third-order valence-electron chi connectivity index (χ3n) is 3.73. The second kappa shape index (κ2) is 9.54. The van der Waals surface area contributed by atoms with Crippen molar-refractivity contribution < 1.29 is 14.2 Å². The Bertz CT molecular complexity index is 689. The number of rotatable bonds is 9. The van der Waals surface area contributed by atoms with Gasteiger partial charge in [0, 0.05) is 29.7 Å². The van der Waals surface area contributed by atoms with E-state index in [0.717, 1.165) is 16.9 Å². The largest absolute Gasteiger partial charge is 0.493 e. The quantitative estimate of drug-likeness (QED) is 0.702. The molecule has 1 N–H and O–H groups in total. The lowest BCUT2D eigenvalue weighted by molar-refractivity contribution is 0.268. The van der Waals surface area contributed by atoms with Crippen LogP contribution in [0.3, 0.4) is 0 Å². The predicted molar refractivity (Wildman–Crippen MR) is 102 cm³/mol. The molecule has 4 nitrogen and oxygen atoms in total. The Morgan fingerprint density at radius 2 is 1.56 bits per heavy atom. The smallest absolute Gasteiger partial charge is 0.162 e. The van der Waals surface area contributed by atoms with Crippen LogP contribution in [0.25, 0.3) is 0 Å². The molecule has 2 aromatic rings. The number of halogens is 1. The van der Waals surface area contributed by atoms with Crippen LogP contribution in [0.5, 0.6) is 17.2 Å². The van der Waals surface area contributed by atoms with Crippen LogP contribution >= 0.6 is 11.6 Å². The SMILES string of the molecule is COc1cc(Cl)c(CNCc2ccccc2OCC(C)C)cc1OC. The maximum Gasteiger partial charge on any atom is 0.162 e. The summed E-state index contributed by atoms with van der Waals surface area (Å²) in [4.78, 5) is 0. The van der Waals surface area contributed by atoms with Crippen LogP contribution < -0.4 is 19.5 Å². The summed E-state index contributed by atoms with van der Waals surface area (Å²) in [6, 6.07) is 11.8. The van der Waals surface area contributed by atoms with Gasteiger partial charge in [0.25, 0.3) is 0 Å². The van der Waals surface area contributed by atoms with Crippen LogP contribution in [-0.2, 0) is 13.1 Å². The minimum atomic E-state index is 0.492. The molecule has 0 radical (unpaired) electrons. The fourth-order valence-electron chi connectivity index (χ4n) is 2.41. The van der Waals surface area contributed by atoms with Crippen molar-refractivity contribution in [3.05, 3.63) is 52.5 Å². The highest BCUT2D eigenvalue weighted by molar-refractivity contribution is 6.31. The van der Waals surface area contributed by atoms with Crippen LogP contribution in [0, 0.1) is 5.92 Å². The molecule has 0 amide bonds. The van der Waals surface area contributed by atoms with E-state index in [1.54, 1.807) is 20.3 Å². The first-order valence-electron chi connectivity index (χ1n) is 8.37. The fraction of sp³-hybridized carbons (Fsp3) is 0.400. The van der Waals surface area contributed by atoms with Crippen molar-refractivity contribution in [2.75, 3.05) is 20.8 Å². The standard InChI is InChI=1S/C20H26ClNO3/c1-14(2)13-25-18-8-6-5-7-15(18)11-22-12-16-9-19(23-3)20(24-4)10-17(16)21/h5-10,14,22H,11-13H2,1-4H3. The lowest BCUT2D eigenvalue weighted by Crippen LogP contribution is -2.15. The van der Waals surface area contributed by atoms with Gasteiger partial charge in [0.2, 0.25) is 0 Å². The van der Waals surface area contributed by atoms with Crippen LogP contribution in [0.1, 0.15) is 25.0 Å². The molecule has 136 valence electrons. The van der Waals surface area contributed by atoms with Crippen molar-refractivity contribution in [1.29, 1.82) is 0 Å². The van der Waals surface area contributed by atoms with Crippen LogP contribution in [0.4, 0.5) is 0 Å². The molecule has 0 atom stereocenters. The summed E-state index contributed by atoms with van der Waals surface area (Å²) in [5, 5.41) is 4.06. The zero-order valence-corrected chi connectivity index (χ0v) is 16.0. The van der Waals surface area contributed by atoms with E-state index in [0.29, 0.717) is 42.1 Å². The second-order valence-corrected chi connectivity index (χ2v) is 6.62. The summed E-state index contributed by atoms with van der Waals surface area (Å²) in [6.45, 7) is 6.30. The van der Waals surface area contributed by atoms with Gasteiger partial charge in [-0.05, 0) is 23.6 Å². The maximum atomic E-state index is 6.33. The zero-order chi connectivity index (χ0) is 18.2. The van der Waals surface area contributed by atoms with Crippen molar-refractivity contribution in [1.82, 2.24) is 5.32 Å². The normalized spacial score (nSPS) is 10.8. The van der Waals surface area contributed by atoms with E-state index in [9.17, 15) is 0 Å². The summed E-state index contributed by atoms with van der Waals surface area (Å²) >= 11 is 6.33. The monoisotopic (exact) mass is 363 g/mol. The first-order chi connectivity index (χ1) is 12.0. The number of para-hydroxylation sites is 1. The lowest BCUT2D eigenvalue weighted by atomic mass is 10.1. The van der Waals surface area contributed by atoms with Gasteiger partial charge < -0.3 is 19.5 Å². The number of benzene rings is 2. The number of methoxy groups -OCH3 is 2. The van der Waals surface area contributed by atoms with Crippen LogP contribution in [-0.4, -0.2) is 20.8 Å². The topological polar surface area (TPSA) is 39.7 Å². The average Bonchev–Trinajstić information content (AvgIpc) is 2.61. The van der Waals surface area contributed by atoms with Crippen LogP contribution in [0.15, 0.2) is 36.4 Å². The molecule has 0 aromatic heterocycles. The van der Waals surface area contributed by atoms with E-state index in [-0.39, 0.29) is 0 Å². The van der Waals surface area contributed by atoms with E-state index in [1.807, 2.05) is 24.3 Å². The number of hydrogen-bond donors (Lipinski definition) is 1. The second-order valence-electron chi connectivity index (χ2n) is 6.21. The highest BCUT2D eigenvalue weighted by Gasteiger charge is 2.10. The summed E-state index contributed by atoms with van der Waals surface area (Å²) in [5.74, 6) is 2.71. The predicted octanol–water partition coefficient (Wildman–Crippen LogP) is 4.68. The molecule has 0 fully saturated rings. The summed E-state index contributed by atoms with van der Waals surface area (Å²) in [5.41, 5.74) is 2.08. The minimum absolute atomic E-state index is 0.492. The van der Waals surface area contributed by atoms with Gasteiger partial charge in [-0.3, -0.25) is 0 Å². The van der Waals surface area contributed by atoms with E-state index in [1.165, 1.54) is 0 Å². The molecular weight excluding hydrogens is 338 g/mol. The van der Waals surface area contributed by atoms with E-state index in [4.69, 9.17) is 25.8 Å². The van der Waals surface area contributed by atoms with Gasteiger partial charge in [-0.15, -0.1) is 0 Å². The molecule has 0 aliphatic heterocycles. The van der Waals surface area contributed by atoms with E-state index >= 15 is 0 Å². The first kappa shape index (κ1) is 19.4. The molecule has 5 heteroatoms. The van der Waals surface area contributed by atoms with Gasteiger partial charge in [-0.2, -0.15) is 0 Å². The Kier molecular flexibility index (Phi) is 7.41. The molecule has 0 saturated carbocycles. The molecule has 0 heterocycles. The van der Waals surface area contributed by atoms with Crippen molar-refractivity contribution >= 4 is 11.6 Å². The Morgan fingerprint density at radius 1 is 0.920 bits per heavy atom. The summed E-state index contributed by atoms with van der Waals surface area (Å²) in [6.07, 6.45) is 0. The Hall–Kier alpha value is -1.91. The molecule has 25 heavy (non-hydrogen) atoms. The zero-order valence-electron chi connectivity index (χ0n) is 15.3. The molecule has 2 rings (SSSR count).